The number of para-hydroxylation sites is 1. The highest BCUT2D eigenvalue weighted by molar-refractivity contribution is 9.09. The number of aliphatic hydroxyl groups is 1. The van der Waals surface area contributed by atoms with Gasteiger partial charge >= 0.3 is 5.97 Å². The van der Waals surface area contributed by atoms with Crippen LogP contribution in [0.1, 0.15) is 33.6 Å². The van der Waals surface area contributed by atoms with Gasteiger partial charge in [0.15, 0.2) is 0 Å². The van der Waals surface area contributed by atoms with E-state index in [0.717, 1.165) is 5.52 Å². The molecule has 3 fully saturated rings. The minimum atomic E-state index is -1.22. The van der Waals surface area contributed by atoms with Crippen LogP contribution in [0, 0.1) is 17.8 Å². The summed E-state index contributed by atoms with van der Waals surface area (Å²) in [6.45, 7) is 5.51. The average molecular weight is 578 g/mol. The van der Waals surface area contributed by atoms with Gasteiger partial charge in [0.2, 0.25) is 11.8 Å². The second kappa shape index (κ2) is 9.95. The Morgan fingerprint density at radius 1 is 1.35 bits per heavy atom. The number of amides is 2. The third-order valence-corrected chi connectivity index (χ3v) is 9.05. The number of alkyl halides is 1. The highest BCUT2D eigenvalue weighted by atomic mass is 79.9. The molecule has 200 valence electrons. The van der Waals surface area contributed by atoms with Crippen molar-refractivity contribution in [1.29, 1.82) is 0 Å². The number of ether oxygens (including phenoxy) is 2. The van der Waals surface area contributed by atoms with Crippen LogP contribution < -0.4 is 5.32 Å². The first kappa shape index (κ1) is 26.1. The molecule has 2 bridgehead atoms. The van der Waals surface area contributed by atoms with Gasteiger partial charge in [-0.3, -0.25) is 14.4 Å². The summed E-state index contributed by atoms with van der Waals surface area (Å²) in [5.74, 6) is -3.08. The van der Waals surface area contributed by atoms with Gasteiger partial charge in [0.1, 0.15) is 23.8 Å². The van der Waals surface area contributed by atoms with Gasteiger partial charge in [-0.1, -0.05) is 53.5 Å². The van der Waals surface area contributed by atoms with Gasteiger partial charge in [-0.05, 0) is 31.4 Å². The maximum atomic E-state index is 14.0. The maximum Gasteiger partial charge on any atom is 0.312 e. The van der Waals surface area contributed by atoms with Crippen molar-refractivity contribution in [2.45, 2.75) is 68.9 Å². The normalized spacial score (nSPS) is 32.0. The summed E-state index contributed by atoms with van der Waals surface area (Å²) in [4.78, 5) is 42.3. The molecule has 0 radical (unpaired) electrons. The van der Waals surface area contributed by atoms with Gasteiger partial charge in [0.05, 0.1) is 42.7 Å². The Kier molecular flexibility index (Phi) is 7.01. The minimum absolute atomic E-state index is 0.0359. The fourth-order valence-corrected chi connectivity index (χ4v) is 7.27. The molecule has 8 atom stereocenters. The van der Waals surface area contributed by atoms with Crippen LogP contribution in [-0.2, 0) is 30.5 Å². The first-order valence-electron chi connectivity index (χ1n) is 12.8. The van der Waals surface area contributed by atoms with E-state index in [1.165, 1.54) is 4.90 Å². The van der Waals surface area contributed by atoms with Crippen molar-refractivity contribution in [3.05, 3.63) is 24.3 Å². The number of hydrogen-bond donors (Lipinski definition) is 2. The largest absolute Gasteiger partial charge is 0.466 e. The van der Waals surface area contributed by atoms with Crippen LogP contribution >= 0.6 is 15.9 Å². The fraction of sp³-hybridized carbons (Fsp3) is 0.640. The van der Waals surface area contributed by atoms with Crippen molar-refractivity contribution < 1.29 is 29.0 Å². The number of nitrogens with zero attached hydrogens (tertiary/aromatic N) is 4. The van der Waals surface area contributed by atoms with Gasteiger partial charge in [0.25, 0.3) is 0 Å². The molecule has 1 spiro atoms. The average Bonchev–Trinajstić information content (AvgIpc) is 3.60. The van der Waals surface area contributed by atoms with Crippen LogP contribution in [-0.4, -0.2) is 84.6 Å². The van der Waals surface area contributed by atoms with Crippen molar-refractivity contribution >= 4 is 44.7 Å². The zero-order valence-corrected chi connectivity index (χ0v) is 22.6. The minimum Gasteiger partial charge on any atom is -0.466 e. The maximum absolute atomic E-state index is 14.0. The number of rotatable bonds is 9. The van der Waals surface area contributed by atoms with Crippen molar-refractivity contribution in [1.82, 2.24) is 25.2 Å². The van der Waals surface area contributed by atoms with Crippen molar-refractivity contribution in [2.75, 3.05) is 13.2 Å². The number of hydrogen-bond acceptors (Lipinski definition) is 8. The zero-order valence-electron chi connectivity index (χ0n) is 21.0. The van der Waals surface area contributed by atoms with E-state index >= 15 is 0 Å². The number of fused-ring (bicyclic) bond motifs is 2. The van der Waals surface area contributed by atoms with E-state index in [1.54, 1.807) is 11.6 Å². The lowest BCUT2D eigenvalue weighted by atomic mass is 9.70. The molecule has 3 saturated heterocycles. The topological polar surface area (TPSA) is 136 Å². The quantitative estimate of drug-likeness (QED) is 0.335. The number of carbonyl (C=O) groups is 3. The lowest BCUT2D eigenvalue weighted by Crippen LogP contribution is -2.59. The molecule has 2 N–H and O–H groups in total. The second-order valence-electron chi connectivity index (χ2n) is 10.1. The standard InChI is InChI=1S/C25H32BrN5O6/c1-4-13(3)17(11-32)31-21(22(33)27-12-30-16-9-7-6-8-15(16)28-29-30)25-10-14(26)20(37-25)18(19(25)23(31)34)24(35)36-5-2/h6-9,13-14,17-21,32H,4-5,10-12H2,1-3H3,(H,27,33)/t13-,14?,17-,18+,19-,20+,21+,25-/m0/s1. The van der Waals surface area contributed by atoms with Crippen LogP contribution in [0.25, 0.3) is 11.0 Å². The number of likely N-dealkylation sites (tertiary alicyclic amines) is 1. The molecular formula is C25H32BrN5O6. The Morgan fingerprint density at radius 2 is 2.11 bits per heavy atom. The summed E-state index contributed by atoms with van der Waals surface area (Å²) >= 11 is 3.63. The number of carbonyl (C=O) groups excluding carboxylic acids is 3. The van der Waals surface area contributed by atoms with Crippen LogP contribution in [0.2, 0.25) is 0 Å². The first-order valence-corrected chi connectivity index (χ1v) is 13.7. The molecule has 0 aliphatic carbocycles. The smallest absolute Gasteiger partial charge is 0.312 e. The van der Waals surface area contributed by atoms with Gasteiger partial charge in [-0.15, -0.1) is 5.10 Å². The van der Waals surface area contributed by atoms with E-state index in [1.807, 2.05) is 38.1 Å². The third-order valence-electron chi connectivity index (χ3n) is 8.20. The summed E-state index contributed by atoms with van der Waals surface area (Å²) in [6, 6.07) is 5.76. The molecule has 1 aromatic carbocycles. The van der Waals surface area contributed by atoms with E-state index in [9.17, 15) is 19.5 Å². The summed E-state index contributed by atoms with van der Waals surface area (Å²) in [5.41, 5.74) is 0.234. The van der Waals surface area contributed by atoms with E-state index in [-0.39, 0.29) is 36.5 Å². The van der Waals surface area contributed by atoms with Crippen LogP contribution in [0.3, 0.4) is 0 Å². The van der Waals surface area contributed by atoms with Crippen molar-refractivity contribution in [2.24, 2.45) is 17.8 Å². The molecule has 2 aromatic rings. The second-order valence-corrected chi connectivity index (χ2v) is 11.2. The molecule has 12 heteroatoms. The SMILES string of the molecule is CCOC(=O)[C@H]1[C@@H]2O[C@@]3(CC2Br)[C@@H]1C(=O)N([C@@H](CO)[C@@H](C)CC)[C@@H]3C(=O)NCn1nnc2ccccc21. The van der Waals surface area contributed by atoms with E-state index < -0.39 is 47.5 Å². The highest BCUT2D eigenvalue weighted by Gasteiger charge is 2.77. The molecule has 1 aromatic heterocycles. The molecule has 2 amide bonds. The van der Waals surface area contributed by atoms with Crippen molar-refractivity contribution in [3.63, 3.8) is 0 Å². The highest BCUT2D eigenvalue weighted by Crippen LogP contribution is 2.60. The Morgan fingerprint density at radius 3 is 2.81 bits per heavy atom. The Bertz CT molecular complexity index is 1210. The Labute approximate surface area is 223 Å². The first-order chi connectivity index (χ1) is 17.8. The number of halogens is 1. The lowest BCUT2D eigenvalue weighted by molar-refractivity contribution is -0.155. The van der Waals surface area contributed by atoms with Gasteiger partial charge < -0.3 is 24.8 Å². The lowest BCUT2D eigenvalue weighted by Gasteiger charge is -2.38. The molecule has 5 rings (SSSR count). The summed E-state index contributed by atoms with van der Waals surface area (Å²) in [7, 11) is 0. The predicted octanol–water partition coefficient (Wildman–Crippen LogP) is 1.22. The molecule has 0 saturated carbocycles. The summed E-state index contributed by atoms with van der Waals surface area (Å²) in [5, 5.41) is 21.5. The van der Waals surface area contributed by atoms with Gasteiger partial charge in [-0.2, -0.15) is 0 Å². The number of benzene rings is 1. The molecule has 3 aliphatic heterocycles. The molecular weight excluding hydrogens is 546 g/mol. The number of aliphatic hydroxyl groups excluding tert-OH is 1. The fourth-order valence-electron chi connectivity index (χ4n) is 6.33. The third kappa shape index (κ3) is 3.95. The number of aromatic nitrogens is 3. The van der Waals surface area contributed by atoms with Crippen LogP contribution in [0.15, 0.2) is 24.3 Å². The predicted molar refractivity (Wildman–Crippen MR) is 135 cm³/mol. The van der Waals surface area contributed by atoms with Gasteiger partial charge in [-0.25, -0.2) is 4.68 Å². The van der Waals surface area contributed by atoms with E-state index in [0.29, 0.717) is 18.4 Å². The number of esters is 1. The van der Waals surface area contributed by atoms with Crippen LogP contribution in [0.4, 0.5) is 0 Å². The van der Waals surface area contributed by atoms with E-state index in [2.05, 4.69) is 31.6 Å². The summed E-state index contributed by atoms with van der Waals surface area (Å²) < 4.78 is 13.3. The number of nitrogens with one attached hydrogen (secondary N) is 1. The summed E-state index contributed by atoms with van der Waals surface area (Å²) in [6.07, 6.45) is 0.488. The Balaban J connectivity index is 1.51. The van der Waals surface area contributed by atoms with E-state index in [4.69, 9.17) is 9.47 Å². The van der Waals surface area contributed by atoms with Crippen molar-refractivity contribution in [3.8, 4) is 0 Å². The molecule has 4 heterocycles. The monoisotopic (exact) mass is 577 g/mol. The zero-order chi connectivity index (χ0) is 26.5. The van der Waals surface area contributed by atoms with Gasteiger partial charge in [0, 0.05) is 4.83 Å². The molecule has 11 nitrogen and oxygen atoms in total. The molecule has 37 heavy (non-hydrogen) atoms. The Hall–Kier alpha value is -2.57. The van der Waals surface area contributed by atoms with Crippen LogP contribution in [0.5, 0.6) is 0 Å². The molecule has 1 unspecified atom stereocenters. The molecule has 3 aliphatic rings.